The largest absolute Gasteiger partial charge is 0.387 e. The van der Waals surface area contributed by atoms with Crippen LogP contribution in [0.15, 0.2) is 0 Å². The van der Waals surface area contributed by atoms with E-state index in [1.807, 2.05) is 32.8 Å². The molecule has 0 aromatic rings. The van der Waals surface area contributed by atoms with Crippen LogP contribution in [-0.4, -0.2) is 61.4 Å². The van der Waals surface area contributed by atoms with Gasteiger partial charge in [-0.3, -0.25) is 4.79 Å². The maximum Gasteiger partial charge on any atom is 0.222 e. The average Bonchev–Trinajstić information content (AvgIpc) is 2.12. The maximum absolute atomic E-state index is 11.6. The molecule has 0 saturated heterocycles. The number of hydrogen-bond donors (Lipinski definition) is 2. The third-order valence-corrected chi connectivity index (χ3v) is 2.46. The summed E-state index contributed by atoms with van der Waals surface area (Å²) in [4.78, 5) is 13.5. The van der Waals surface area contributed by atoms with Gasteiger partial charge in [0.25, 0.3) is 0 Å². The lowest BCUT2D eigenvalue weighted by Gasteiger charge is -2.28. The molecule has 0 heterocycles. The van der Waals surface area contributed by atoms with Crippen LogP contribution in [0.5, 0.6) is 0 Å². The van der Waals surface area contributed by atoms with Crippen molar-refractivity contribution >= 4 is 5.91 Å². The quantitative estimate of drug-likeness (QED) is 0.675. The fourth-order valence-corrected chi connectivity index (χ4v) is 1.55. The minimum atomic E-state index is -0.920. The highest BCUT2D eigenvalue weighted by molar-refractivity contribution is 5.77. The predicted octanol–water partition coefficient (Wildman–Crippen LogP) is 0.230. The van der Waals surface area contributed by atoms with Crippen LogP contribution in [0.3, 0.4) is 0 Å². The van der Waals surface area contributed by atoms with E-state index in [-0.39, 0.29) is 18.9 Å². The van der Waals surface area contributed by atoms with E-state index in [9.17, 15) is 9.90 Å². The Kier molecular flexibility index (Phi) is 6.09. The molecule has 5 nitrogen and oxygen atoms in total. The highest BCUT2D eigenvalue weighted by Gasteiger charge is 2.25. The van der Waals surface area contributed by atoms with Crippen LogP contribution in [0.1, 0.15) is 27.2 Å². The molecule has 0 fully saturated rings. The lowest BCUT2D eigenvalue weighted by molar-refractivity contribution is -0.127. The molecular formula is C12H26N2O3. The Balaban J connectivity index is 4.07. The molecule has 0 radical (unpaired) electrons. The molecule has 0 aliphatic carbocycles. The van der Waals surface area contributed by atoms with E-state index in [4.69, 9.17) is 4.74 Å². The van der Waals surface area contributed by atoms with Gasteiger partial charge in [0.05, 0.1) is 17.6 Å². The van der Waals surface area contributed by atoms with Gasteiger partial charge in [0.15, 0.2) is 0 Å². The van der Waals surface area contributed by atoms with E-state index in [0.29, 0.717) is 6.54 Å². The Morgan fingerprint density at radius 3 is 2.29 bits per heavy atom. The number of ether oxygens (including phenoxy) is 1. The molecule has 0 aromatic carbocycles. The van der Waals surface area contributed by atoms with Crippen molar-refractivity contribution in [2.45, 2.75) is 38.4 Å². The molecule has 0 aliphatic heterocycles. The van der Waals surface area contributed by atoms with Gasteiger partial charge in [0.2, 0.25) is 5.91 Å². The first-order valence-corrected chi connectivity index (χ1v) is 5.77. The summed E-state index contributed by atoms with van der Waals surface area (Å²) in [6, 6.07) is 0. The number of nitrogens with zero attached hydrogens (tertiary/aromatic N) is 1. The first kappa shape index (κ1) is 16.4. The minimum Gasteiger partial charge on any atom is -0.387 e. The second kappa shape index (κ2) is 6.33. The highest BCUT2D eigenvalue weighted by Crippen LogP contribution is 2.12. The monoisotopic (exact) mass is 246 g/mol. The molecule has 2 N–H and O–H groups in total. The molecule has 1 atom stereocenters. The fourth-order valence-electron chi connectivity index (χ4n) is 1.55. The standard InChI is InChI=1S/C12H26N2O3/c1-11(2,17-6)7-10(15)13-8-12(3,16)9-14(4)5/h16H,7-9H2,1-6H3,(H,13,15). The van der Waals surface area contributed by atoms with E-state index in [2.05, 4.69) is 5.32 Å². The smallest absolute Gasteiger partial charge is 0.222 e. The van der Waals surface area contributed by atoms with E-state index in [0.717, 1.165) is 0 Å². The van der Waals surface area contributed by atoms with Gasteiger partial charge in [-0.1, -0.05) is 0 Å². The molecular weight excluding hydrogens is 220 g/mol. The molecule has 0 bridgehead atoms. The van der Waals surface area contributed by atoms with E-state index in [1.54, 1.807) is 14.0 Å². The Bertz CT molecular complexity index is 250. The summed E-state index contributed by atoms with van der Waals surface area (Å²) >= 11 is 0. The number of methoxy groups -OCH3 is 1. The molecule has 0 rings (SSSR count). The van der Waals surface area contributed by atoms with Crippen molar-refractivity contribution in [1.29, 1.82) is 0 Å². The molecule has 1 amide bonds. The topological polar surface area (TPSA) is 61.8 Å². The van der Waals surface area contributed by atoms with Crippen molar-refractivity contribution < 1.29 is 14.6 Å². The highest BCUT2D eigenvalue weighted by atomic mass is 16.5. The summed E-state index contributed by atoms with van der Waals surface area (Å²) in [6.07, 6.45) is 0.279. The summed E-state index contributed by atoms with van der Waals surface area (Å²) in [5.74, 6) is -0.115. The van der Waals surface area contributed by atoms with Crippen LogP contribution in [0, 0.1) is 0 Å². The number of likely N-dealkylation sites (N-methyl/N-ethyl adjacent to an activating group) is 1. The Morgan fingerprint density at radius 2 is 1.88 bits per heavy atom. The number of aliphatic hydroxyl groups is 1. The SMILES string of the molecule is COC(C)(C)CC(=O)NCC(C)(O)CN(C)C. The van der Waals surface area contributed by atoms with Crippen molar-refractivity contribution in [3.05, 3.63) is 0 Å². The number of carbonyl (C=O) groups is 1. The number of hydrogen-bond acceptors (Lipinski definition) is 4. The number of rotatable bonds is 7. The number of nitrogens with one attached hydrogen (secondary N) is 1. The molecule has 0 spiro atoms. The van der Waals surface area contributed by atoms with Crippen molar-refractivity contribution in [3.8, 4) is 0 Å². The summed E-state index contributed by atoms with van der Waals surface area (Å²) in [5, 5.41) is 12.7. The van der Waals surface area contributed by atoms with Crippen molar-refractivity contribution in [1.82, 2.24) is 10.2 Å². The van der Waals surface area contributed by atoms with E-state index in [1.165, 1.54) is 0 Å². The van der Waals surface area contributed by atoms with Gasteiger partial charge in [-0.15, -0.1) is 0 Å². The van der Waals surface area contributed by atoms with Crippen LogP contribution >= 0.6 is 0 Å². The second-order valence-corrected chi connectivity index (χ2v) is 5.65. The Labute approximate surface area is 104 Å². The second-order valence-electron chi connectivity index (χ2n) is 5.65. The molecule has 0 saturated carbocycles. The normalized spacial score (nSPS) is 15.8. The first-order chi connectivity index (χ1) is 7.58. The average molecular weight is 246 g/mol. The van der Waals surface area contributed by atoms with Crippen molar-refractivity contribution in [3.63, 3.8) is 0 Å². The zero-order valence-electron chi connectivity index (χ0n) is 11.8. The Morgan fingerprint density at radius 1 is 1.35 bits per heavy atom. The summed E-state index contributed by atoms with van der Waals surface area (Å²) in [7, 11) is 5.34. The van der Waals surface area contributed by atoms with Gasteiger partial charge in [-0.25, -0.2) is 0 Å². The molecule has 5 heteroatoms. The number of carbonyl (C=O) groups excluding carboxylic acids is 1. The maximum atomic E-state index is 11.6. The molecule has 1 unspecified atom stereocenters. The molecule has 0 aliphatic rings. The lowest BCUT2D eigenvalue weighted by Crippen LogP contribution is -2.48. The van der Waals surface area contributed by atoms with Gasteiger partial charge in [0, 0.05) is 20.2 Å². The first-order valence-electron chi connectivity index (χ1n) is 5.77. The van der Waals surface area contributed by atoms with Crippen LogP contribution in [-0.2, 0) is 9.53 Å². The van der Waals surface area contributed by atoms with Crippen LogP contribution < -0.4 is 5.32 Å². The molecule has 0 aromatic heterocycles. The van der Waals surface area contributed by atoms with Gasteiger partial charge in [-0.2, -0.15) is 0 Å². The zero-order valence-corrected chi connectivity index (χ0v) is 11.8. The zero-order chi connectivity index (χ0) is 13.7. The van der Waals surface area contributed by atoms with E-state index >= 15 is 0 Å². The summed E-state index contributed by atoms with van der Waals surface area (Å²) < 4.78 is 5.17. The lowest BCUT2D eigenvalue weighted by atomic mass is 10.0. The fraction of sp³-hybridized carbons (Fsp3) is 0.917. The third-order valence-electron chi connectivity index (χ3n) is 2.46. The van der Waals surface area contributed by atoms with Crippen LogP contribution in [0.2, 0.25) is 0 Å². The predicted molar refractivity (Wildman–Crippen MR) is 67.9 cm³/mol. The van der Waals surface area contributed by atoms with Crippen LogP contribution in [0.25, 0.3) is 0 Å². The van der Waals surface area contributed by atoms with Gasteiger partial charge in [-0.05, 0) is 34.9 Å². The van der Waals surface area contributed by atoms with Gasteiger partial charge in [0.1, 0.15) is 0 Å². The minimum absolute atomic E-state index is 0.115. The van der Waals surface area contributed by atoms with Crippen LogP contribution in [0.4, 0.5) is 0 Å². The van der Waals surface area contributed by atoms with E-state index < -0.39 is 11.2 Å². The third kappa shape index (κ3) is 8.12. The van der Waals surface area contributed by atoms with Gasteiger partial charge >= 0.3 is 0 Å². The Hall–Kier alpha value is -0.650. The summed E-state index contributed by atoms with van der Waals surface area (Å²) in [6.45, 7) is 6.15. The summed E-state index contributed by atoms with van der Waals surface area (Å²) in [5.41, 5.74) is -1.39. The van der Waals surface area contributed by atoms with Gasteiger partial charge < -0.3 is 20.1 Å². The van der Waals surface area contributed by atoms with Crippen molar-refractivity contribution in [2.75, 3.05) is 34.3 Å². The molecule has 17 heavy (non-hydrogen) atoms. The molecule has 102 valence electrons. The number of amides is 1. The van der Waals surface area contributed by atoms with Crippen molar-refractivity contribution in [2.24, 2.45) is 0 Å².